The molecule has 0 fully saturated rings. The second-order valence-corrected chi connectivity index (χ2v) is 8.29. The Morgan fingerprint density at radius 3 is 2.72 bits per heavy atom. The lowest BCUT2D eigenvalue weighted by Gasteiger charge is -2.33. The zero-order valence-corrected chi connectivity index (χ0v) is 18.0. The molecule has 4 aromatic rings. The molecule has 0 spiro atoms. The second kappa shape index (κ2) is 8.25. The van der Waals surface area contributed by atoms with Gasteiger partial charge in [0, 0.05) is 17.1 Å². The van der Waals surface area contributed by atoms with Crippen LogP contribution in [0.4, 0.5) is 5.69 Å². The van der Waals surface area contributed by atoms with Gasteiger partial charge >= 0.3 is 0 Å². The minimum Gasteiger partial charge on any atom is -0.479 e. The molecule has 0 saturated carbocycles. The molecule has 1 amide bonds. The Kier molecular flexibility index (Phi) is 5.13. The topological polar surface area (TPSA) is 79.1 Å². The van der Waals surface area contributed by atoms with E-state index >= 15 is 0 Å². The Bertz CT molecular complexity index is 1330. The summed E-state index contributed by atoms with van der Waals surface area (Å²) in [6.45, 7) is 2.15. The Morgan fingerprint density at radius 2 is 1.97 bits per heavy atom. The quantitative estimate of drug-likeness (QED) is 0.445. The molecule has 6 nitrogen and oxygen atoms in total. The summed E-state index contributed by atoms with van der Waals surface area (Å²) < 4.78 is 5.85. The van der Waals surface area contributed by atoms with Gasteiger partial charge < -0.3 is 9.64 Å². The summed E-state index contributed by atoms with van der Waals surface area (Å²) in [5, 5.41) is 11.9. The van der Waals surface area contributed by atoms with Gasteiger partial charge in [0.25, 0.3) is 5.91 Å². The number of thiazole rings is 1. The number of nitrogens with zero attached hydrogens (tertiary/aromatic N) is 4. The smallest absolute Gasteiger partial charge is 0.268 e. The maximum Gasteiger partial charge on any atom is 0.268 e. The molecule has 3 heterocycles. The lowest BCUT2D eigenvalue weighted by molar-refractivity contribution is -0.125. The molecule has 1 atom stereocenters. The summed E-state index contributed by atoms with van der Waals surface area (Å²) in [4.78, 5) is 23.8. The van der Waals surface area contributed by atoms with Gasteiger partial charge in [-0.1, -0.05) is 18.2 Å². The van der Waals surface area contributed by atoms with Crippen molar-refractivity contribution in [3.05, 3.63) is 83.4 Å². The van der Waals surface area contributed by atoms with Gasteiger partial charge in [0.1, 0.15) is 10.8 Å². The van der Waals surface area contributed by atoms with Crippen molar-refractivity contribution in [3.63, 3.8) is 0 Å². The van der Waals surface area contributed by atoms with Crippen molar-refractivity contribution < 1.29 is 9.53 Å². The summed E-state index contributed by atoms with van der Waals surface area (Å²) in [6, 6.07) is 20.9. The number of rotatable bonds is 4. The van der Waals surface area contributed by atoms with Crippen molar-refractivity contribution in [3.8, 4) is 33.8 Å². The monoisotopic (exact) mass is 438 g/mol. The van der Waals surface area contributed by atoms with Crippen LogP contribution in [0.25, 0.3) is 22.0 Å². The second-order valence-electron chi connectivity index (χ2n) is 7.43. The molecule has 0 saturated heterocycles. The highest BCUT2D eigenvalue weighted by atomic mass is 32.1. The van der Waals surface area contributed by atoms with Crippen LogP contribution in [0.5, 0.6) is 5.75 Å². The van der Waals surface area contributed by atoms with Gasteiger partial charge in [-0.15, -0.1) is 11.3 Å². The van der Waals surface area contributed by atoms with E-state index in [9.17, 15) is 4.79 Å². The van der Waals surface area contributed by atoms with E-state index in [0.29, 0.717) is 23.5 Å². The number of nitriles is 1. The number of ether oxygens (including phenoxy) is 1. The first kappa shape index (κ1) is 19.9. The fourth-order valence-corrected chi connectivity index (χ4v) is 4.41. The van der Waals surface area contributed by atoms with Crippen LogP contribution in [0.15, 0.2) is 72.2 Å². The molecule has 0 bridgehead atoms. The molecular formula is C25H18N4O2S. The van der Waals surface area contributed by atoms with Crippen molar-refractivity contribution in [2.45, 2.75) is 19.6 Å². The predicted octanol–water partition coefficient (Wildman–Crippen LogP) is 5.06. The van der Waals surface area contributed by atoms with Crippen molar-refractivity contribution in [2.75, 3.05) is 4.90 Å². The molecule has 0 aliphatic carbocycles. The molecule has 1 aliphatic rings. The standard InChI is InChI=1S/C25H18N4O2S/c1-16-25(30)29(14-18-7-5-17(13-26)6-8-18)22-12-19(9-10-23(22)31-16)21-15-32-24(28-21)20-4-2-3-11-27-20/h2-12,15-16H,14H2,1H3. The maximum atomic E-state index is 13.0. The maximum absolute atomic E-state index is 13.0. The Balaban J connectivity index is 1.50. The third-order valence-corrected chi connectivity index (χ3v) is 6.14. The van der Waals surface area contributed by atoms with Gasteiger partial charge in [-0.25, -0.2) is 4.98 Å². The van der Waals surface area contributed by atoms with Crippen molar-refractivity contribution >= 4 is 22.9 Å². The van der Waals surface area contributed by atoms with Gasteiger partial charge in [0.2, 0.25) is 0 Å². The normalized spacial score (nSPS) is 15.1. The van der Waals surface area contributed by atoms with Crippen LogP contribution in [0.2, 0.25) is 0 Å². The number of carbonyl (C=O) groups excluding carboxylic acids is 1. The van der Waals surface area contributed by atoms with Gasteiger partial charge in [-0.2, -0.15) is 5.26 Å². The average molecular weight is 439 g/mol. The number of pyridine rings is 1. The van der Waals surface area contributed by atoms with Crippen LogP contribution in [-0.2, 0) is 11.3 Å². The molecule has 32 heavy (non-hydrogen) atoms. The molecule has 1 aliphatic heterocycles. The number of carbonyl (C=O) groups is 1. The Labute approximate surface area is 189 Å². The van der Waals surface area contributed by atoms with Gasteiger partial charge in [-0.3, -0.25) is 9.78 Å². The molecule has 0 N–H and O–H groups in total. The first-order valence-electron chi connectivity index (χ1n) is 10.1. The van der Waals surface area contributed by atoms with E-state index in [4.69, 9.17) is 15.0 Å². The summed E-state index contributed by atoms with van der Waals surface area (Å²) >= 11 is 1.53. The summed E-state index contributed by atoms with van der Waals surface area (Å²) in [7, 11) is 0. The van der Waals surface area contributed by atoms with E-state index in [1.165, 1.54) is 11.3 Å². The molecule has 7 heteroatoms. The number of hydrogen-bond acceptors (Lipinski definition) is 6. The summed E-state index contributed by atoms with van der Waals surface area (Å²) in [5.74, 6) is 0.557. The van der Waals surface area contributed by atoms with Crippen LogP contribution in [0.3, 0.4) is 0 Å². The van der Waals surface area contributed by atoms with Crippen LogP contribution >= 0.6 is 11.3 Å². The van der Waals surface area contributed by atoms with E-state index in [2.05, 4.69) is 11.1 Å². The van der Waals surface area contributed by atoms with Gasteiger partial charge in [-0.05, 0) is 55.0 Å². The van der Waals surface area contributed by atoms with E-state index in [0.717, 1.165) is 27.5 Å². The van der Waals surface area contributed by atoms with Crippen molar-refractivity contribution in [1.29, 1.82) is 5.26 Å². The molecule has 0 radical (unpaired) electrons. The molecule has 1 unspecified atom stereocenters. The zero-order chi connectivity index (χ0) is 22.1. The zero-order valence-electron chi connectivity index (χ0n) is 17.2. The third kappa shape index (κ3) is 3.72. The summed E-state index contributed by atoms with van der Waals surface area (Å²) in [6.07, 6.45) is 1.18. The molecule has 2 aromatic carbocycles. The number of hydrogen-bond donors (Lipinski definition) is 0. The predicted molar refractivity (Wildman–Crippen MR) is 123 cm³/mol. The first-order valence-corrected chi connectivity index (χ1v) is 11.0. The highest BCUT2D eigenvalue weighted by molar-refractivity contribution is 7.13. The third-order valence-electron chi connectivity index (χ3n) is 5.27. The number of anilines is 1. The van der Waals surface area contributed by atoms with Crippen LogP contribution in [0, 0.1) is 11.3 Å². The fraction of sp³-hybridized carbons (Fsp3) is 0.120. The highest BCUT2D eigenvalue weighted by Gasteiger charge is 2.32. The highest BCUT2D eigenvalue weighted by Crippen LogP contribution is 2.39. The Morgan fingerprint density at radius 1 is 1.12 bits per heavy atom. The number of aromatic nitrogens is 2. The fourth-order valence-electron chi connectivity index (χ4n) is 3.61. The SMILES string of the molecule is CC1Oc2ccc(-c3csc(-c4ccccn4)n3)cc2N(Cc2ccc(C#N)cc2)C1=O. The van der Waals surface area contributed by atoms with Crippen LogP contribution < -0.4 is 9.64 Å². The molecule has 2 aromatic heterocycles. The van der Waals surface area contributed by atoms with Crippen LogP contribution in [0.1, 0.15) is 18.1 Å². The first-order chi connectivity index (χ1) is 15.6. The number of fused-ring (bicyclic) bond motifs is 1. The molecule has 5 rings (SSSR count). The summed E-state index contributed by atoms with van der Waals surface area (Å²) in [5.41, 5.74) is 4.79. The minimum atomic E-state index is -0.568. The van der Waals surface area contributed by atoms with E-state index in [1.54, 1.807) is 30.2 Å². The van der Waals surface area contributed by atoms with E-state index in [1.807, 2.05) is 53.9 Å². The Hall–Kier alpha value is -4.02. The number of amides is 1. The largest absolute Gasteiger partial charge is 0.479 e. The van der Waals surface area contributed by atoms with Gasteiger partial charge in [0.15, 0.2) is 6.10 Å². The minimum absolute atomic E-state index is 0.105. The molecular weight excluding hydrogens is 420 g/mol. The lowest BCUT2D eigenvalue weighted by Crippen LogP contribution is -2.44. The van der Waals surface area contributed by atoms with E-state index in [-0.39, 0.29) is 5.91 Å². The molecule has 156 valence electrons. The van der Waals surface area contributed by atoms with E-state index < -0.39 is 6.10 Å². The lowest BCUT2D eigenvalue weighted by atomic mass is 10.1. The van der Waals surface area contributed by atoms with Crippen LogP contribution in [-0.4, -0.2) is 22.0 Å². The van der Waals surface area contributed by atoms with Crippen molar-refractivity contribution in [2.24, 2.45) is 0 Å². The van der Waals surface area contributed by atoms with Gasteiger partial charge in [0.05, 0.1) is 35.3 Å². The van der Waals surface area contributed by atoms with Crippen molar-refractivity contribution in [1.82, 2.24) is 9.97 Å². The average Bonchev–Trinajstić information content (AvgIpc) is 3.33. The number of benzene rings is 2.